The minimum absolute atomic E-state index is 0. The van der Waals surface area contributed by atoms with Gasteiger partial charge in [0.05, 0.1) is 6.10 Å². The minimum atomic E-state index is -4.92. The SMILES string of the molecule is O=S(=O)([O-])O.[CH2-]C1O[C@H](OC(C)C)C(NSOO[O-])[CH-][C@@H]1O.[Na+].[Na+].[Na+]. The fourth-order valence-electron chi connectivity index (χ4n) is 1.33. The first-order valence-corrected chi connectivity index (χ1v) is 7.88. The monoisotopic (exact) mass is 432 g/mol. The molecule has 0 amide bonds. The molecule has 0 spiro atoms. The van der Waals surface area contributed by atoms with Crippen LogP contribution in [0, 0.1) is 13.3 Å². The van der Waals surface area contributed by atoms with Crippen molar-refractivity contribution < 1.29 is 135 Å². The Morgan fingerprint density at radius 3 is 2.24 bits per heavy atom. The number of aliphatic hydroxyl groups is 1. The van der Waals surface area contributed by atoms with Crippen molar-refractivity contribution in [1.82, 2.24) is 4.72 Å². The Kier molecular flexibility index (Phi) is 26.8. The predicted octanol–water partition coefficient (Wildman–Crippen LogP) is -10.7. The number of nitrogens with one attached hydrogen (secondary N) is 1. The van der Waals surface area contributed by atoms with E-state index in [9.17, 15) is 10.4 Å². The zero-order valence-corrected chi connectivity index (χ0v) is 22.3. The maximum Gasteiger partial charge on any atom is 1.00 e. The summed E-state index contributed by atoms with van der Waals surface area (Å²) in [5, 5.41) is 22.4. The molecule has 1 fully saturated rings. The summed E-state index contributed by atoms with van der Waals surface area (Å²) in [6, 6.07) is -0.453. The largest absolute Gasteiger partial charge is 1.00 e. The van der Waals surface area contributed by atoms with Crippen LogP contribution in [0.1, 0.15) is 13.8 Å². The van der Waals surface area contributed by atoms with Crippen molar-refractivity contribution >= 4 is 22.6 Å². The molecule has 0 saturated carbocycles. The van der Waals surface area contributed by atoms with Gasteiger partial charge in [0.25, 0.3) is 0 Å². The molecule has 4 atom stereocenters. The summed E-state index contributed by atoms with van der Waals surface area (Å²) in [7, 11) is -4.92. The van der Waals surface area contributed by atoms with Crippen molar-refractivity contribution in [1.29, 1.82) is 0 Å². The van der Waals surface area contributed by atoms with Crippen molar-refractivity contribution in [2.24, 2.45) is 0 Å². The van der Waals surface area contributed by atoms with Crippen LogP contribution in [0.3, 0.4) is 0 Å². The van der Waals surface area contributed by atoms with Gasteiger partial charge in [-0.3, -0.25) is 20.7 Å². The number of hydrogen-bond donors (Lipinski definition) is 3. The van der Waals surface area contributed by atoms with Crippen LogP contribution in [0.25, 0.3) is 0 Å². The van der Waals surface area contributed by atoms with E-state index in [1.165, 1.54) is 0 Å². The van der Waals surface area contributed by atoms with Crippen LogP contribution >= 0.6 is 12.2 Å². The standard InChI is InChI=1S/C9H17NO6S.3Na.H2O4S/c1-5(2)13-9-7(10-17-16-15-12)4-8(11)6(3)14-9;;;;1-5(2,3)4/h4-12H,3H2,1-2H3;;;;(H2,1,2,3,4)/q-2;3*+1;/p-2/t6?,7?,8-,9-;;;;/m0..../s1. The van der Waals surface area contributed by atoms with Gasteiger partial charge in [-0.25, -0.2) is 8.42 Å². The smallest absolute Gasteiger partial charge is 0.726 e. The molecule has 0 aromatic carbocycles. The van der Waals surface area contributed by atoms with Crippen LogP contribution in [0.15, 0.2) is 0 Å². The van der Waals surface area contributed by atoms with Crippen molar-refractivity contribution in [3.05, 3.63) is 13.3 Å². The van der Waals surface area contributed by atoms with Crippen molar-refractivity contribution in [2.75, 3.05) is 0 Å². The molecule has 1 heterocycles. The van der Waals surface area contributed by atoms with Gasteiger partial charge in [-0.15, -0.1) is 0 Å². The summed E-state index contributed by atoms with van der Waals surface area (Å²) >= 11 is 0.586. The van der Waals surface area contributed by atoms with Crippen LogP contribution in [-0.4, -0.2) is 53.3 Å². The molecule has 0 radical (unpaired) electrons. The average molecular weight is 432 g/mol. The molecule has 11 nitrogen and oxygen atoms in total. The van der Waals surface area contributed by atoms with Gasteiger partial charge >= 0.3 is 88.7 Å². The van der Waals surface area contributed by atoms with Crippen molar-refractivity contribution in [2.45, 2.75) is 44.5 Å². The first kappa shape index (κ1) is 35.4. The third-order valence-electron chi connectivity index (χ3n) is 2.04. The summed E-state index contributed by atoms with van der Waals surface area (Å²) < 4.78 is 50.5. The quantitative estimate of drug-likeness (QED) is 0.0417. The Labute approximate surface area is 217 Å². The summed E-state index contributed by atoms with van der Waals surface area (Å²) in [6.45, 7) is 7.35. The second-order valence-corrected chi connectivity index (χ2v) is 5.60. The molecule has 0 aliphatic carbocycles. The summed E-state index contributed by atoms with van der Waals surface area (Å²) in [6.07, 6.45) is -0.535. The molecule has 2 unspecified atom stereocenters. The molecule has 1 rings (SSSR count). The fourth-order valence-corrected chi connectivity index (χ4v) is 1.70. The second-order valence-electron chi connectivity index (χ2n) is 4.20. The van der Waals surface area contributed by atoms with Crippen LogP contribution in [0.5, 0.6) is 0 Å². The van der Waals surface area contributed by atoms with Crippen LogP contribution in [0.2, 0.25) is 0 Å². The molecule has 0 aromatic rings. The Balaban J connectivity index is -0.000000244. The molecule has 134 valence electrons. The van der Waals surface area contributed by atoms with Gasteiger partial charge in [-0.05, 0) is 13.8 Å². The number of ether oxygens (including phenoxy) is 2. The fraction of sp³-hybridized carbons (Fsp3) is 0.778. The molecule has 1 aliphatic heterocycles. The predicted molar refractivity (Wildman–Crippen MR) is 69.6 cm³/mol. The van der Waals surface area contributed by atoms with Gasteiger partial charge in [0.2, 0.25) is 10.4 Å². The average Bonchev–Trinajstić information content (AvgIpc) is 2.32. The van der Waals surface area contributed by atoms with E-state index >= 15 is 0 Å². The molecule has 16 heteroatoms. The molecular formula is C9H17NNa3O10S2-. The molecule has 1 aliphatic rings. The molecule has 3 N–H and O–H groups in total. The Morgan fingerprint density at radius 1 is 1.36 bits per heavy atom. The van der Waals surface area contributed by atoms with Gasteiger partial charge in [0.15, 0.2) is 0 Å². The van der Waals surface area contributed by atoms with E-state index in [4.69, 9.17) is 27.0 Å². The zero-order valence-electron chi connectivity index (χ0n) is 14.6. The maximum atomic E-state index is 9.63. The topological polar surface area (TPSA) is 170 Å². The molecule has 0 aromatic heterocycles. The first-order valence-electron chi connectivity index (χ1n) is 5.77. The van der Waals surface area contributed by atoms with Gasteiger partial charge in [0, 0.05) is 0 Å². The Hall–Kier alpha value is 2.94. The molecule has 25 heavy (non-hydrogen) atoms. The van der Waals surface area contributed by atoms with E-state index in [1.54, 1.807) is 6.42 Å². The summed E-state index contributed by atoms with van der Waals surface area (Å²) in [4.78, 5) is 0. The molecule has 1 saturated heterocycles. The third-order valence-corrected chi connectivity index (χ3v) is 2.53. The van der Waals surface area contributed by atoms with Gasteiger partial charge < -0.3 is 31.3 Å². The molecule has 0 bridgehead atoms. The normalized spacial score (nSPS) is 25.6. The zero-order chi connectivity index (χ0) is 17.3. The summed E-state index contributed by atoms with van der Waals surface area (Å²) in [5.74, 6) is 0. The first-order chi connectivity index (χ1) is 10.0. The molecular weight excluding hydrogens is 415 g/mol. The number of rotatable bonds is 6. The van der Waals surface area contributed by atoms with Crippen molar-refractivity contribution in [3.63, 3.8) is 0 Å². The number of aliphatic hydroxyl groups excluding tert-OH is 1. The van der Waals surface area contributed by atoms with Crippen LogP contribution in [-0.2, 0) is 29.2 Å². The minimum Gasteiger partial charge on any atom is -0.726 e. The Morgan fingerprint density at radius 2 is 1.84 bits per heavy atom. The van der Waals surface area contributed by atoms with E-state index in [0.29, 0.717) is 12.2 Å². The Bertz CT molecular complexity index is 397. The van der Waals surface area contributed by atoms with Crippen LogP contribution in [0.4, 0.5) is 0 Å². The van der Waals surface area contributed by atoms with E-state index in [2.05, 4.69) is 21.0 Å². The van der Waals surface area contributed by atoms with E-state index < -0.39 is 34.9 Å². The van der Waals surface area contributed by atoms with E-state index in [0.717, 1.165) is 0 Å². The van der Waals surface area contributed by atoms with E-state index in [1.807, 2.05) is 13.8 Å². The third kappa shape index (κ3) is 21.5. The number of hydrogen-bond acceptors (Lipinski definition) is 11. The van der Waals surface area contributed by atoms with Gasteiger partial charge in [0.1, 0.15) is 18.5 Å². The van der Waals surface area contributed by atoms with Crippen LogP contribution < -0.4 is 98.7 Å². The van der Waals surface area contributed by atoms with Crippen molar-refractivity contribution in [3.8, 4) is 0 Å². The second kappa shape index (κ2) is 18.9. The summed E-state index contributed by atoms with van der Waals surface area (Å²) in [5.41, 5.74) is 0. The maximum absolute atomic E-state index is 9.63. The van der Waals surface area contributed by atoms with Gasteiger partial charge in [-0.1, -0.05) is 18.2 Å². The van der Waals surface area contributed by atoms with Gasteiger partial charge in [-0.2, -0.15) is 4.33 Å². The van der Waals surface area contributed by atoms with E-state index in [-0.39, 0.29) is 94.8 Å².